The van der Waals surface area contributed by atoms with E-state index in [1.54, 1.807) is 24.3 Å². The third-order valence-corrected chi connectivity index (χ3v) is 2.31. The van der Waals surface area contributed by atoms with Gasteiger partial charge in [-0.1, -0.05) is 24.8 Å². The first-order valence-corrected chi connectivity index (χ1v) is 5.65. The fourth-order valence-electron chi connectivity index (χ4n) is 1.35. The molecule has 102 valence electrons. The summed E-state index contributed by atoms with van der Waals surface area (Å²) in [6.07, 6.45) is 1.13. The predicted octanol–water partition coefficient (Wildman–Crippen LogP) is 1.38. The molecule has 0 fully saturated rings. The Kier molecular flexibility index (Phi) is 5.56. The first-order chi connectivity index (χ1) is 9.02. The van der Waals surface area contributed by atoms with Crippen LogP contribution in [0.4, 0.5) is 10.5 Å². The Morgan fingerprint density at radius 2 is 2.05 bits per heavy atom. The topological polar surface area (TPSA) is 102 Å². The number of hydrogen-bond donors (Lipinski definition) is 3. The predicted molar refractivity (Wildman–Crippen MR) is 70.9 cm³/mol. The van der Waals surface area contributed by atoms with E-state index in [1.165, 1.54) is 6.08 Å². The number of anilines is 1. The van der Waals surface area contributed by atoms with Crippen molar-refractivity contribution < 1.29 is 19.4 Å². The van der Waals surface area contributed by atoms with Gasteiger partial charge in [0, 0.05) is 5.69 Å². The van der Waals surface area contributed by atoms with Gasteiger partial charge in [-0.05, 0) is 24.1 Å². The molecule has 0 heterocycles. The normalized spacial score (nSPS) is 11.4. The fourth-order valence-corrected chi connectivity index (χ4v) is 1.35. The number of nitrogens with two attached hydrogens (primary N) is 1. The number of carboxylic acid groups (broad SMARTS) is 1. The lowest BCUT2D eigenvalue weighted by Crippen LogP contribution is -2.32. The minimum absolute atomic E-state index is 0.136. The van der Waals surface area contributed by atoms with Crippen LogP contribution in [-0.4, -0.2) is 29.8 Å². The van der Waals surface area contributed by atoms with Crippen LogP contribution in [0.5, 0.6) is 0 Å². The van der Waals surface area contributed by atoms with Crippen LogP contribution >= 0.6 is 0 Å². The molecule has 0 aliphatic rings. The summed E-state index contributed by atoms with van der Waals surface area (Å²) in [5.74, 6) is -1.05. The number of nitrogens with one attached hydrogen (secondary N) is 1. The summed E-state index contributed by atoms with van der Waals surface area (Å²) in [7, 11) is 0. The van der Waals surface area contributed by atoms with E-state index in [0.717, 1.165) is 5.56 Å². The molecule has 0 radical (unpaired) electrons. The van der Waals surface area contributed by atoms with Gasteiger partial charge in [0.15, 0.2) is 0 Å². The number of aliphatic carboxylic acids is 1. The van der Waals surface area contributed by atoms with Crippen molar-refractivity contribution in [2.24, 2.45) is 5.73 Å². The van der Waals surface area contributed by atoms with E-state index in [2.05, 4.69) is 11.9 Å². The molecule has 1 rings (SSSR count). The van der Waals surface area contributed by atoms with Crippen LogP contribution in [0.1, 0.15) is 5.56 Å². The van der Waals surface area contributed by atoms with Crippen molar-refractivity contribution >= 4 is 17.7 Å². The van der Waals surface area contributed by atoms with Gasteiger partial charge in [-0.3, -0.25) is 10.1 Å². The summed E-state index contributed by atoms with van der Waals surface area (Å²) in [4.78, 5) is 21.9. The van der Waals surface area contributed by atoms with E-state index in [1.807, 2.05) is 0 Å². The molecule has 1 aromatic rings. The van der Waals surface area contributed by atoms with Gasteiger partial charge in [0.1, 0.15) is 12.6 Å². The summed E-state index contributed by atoms with van der Waals surface area (Å²) in [5, 5.41) is 11.2. The monoisotopic (exact) mass is 264 g/mol. The SMILES string of the molecule is C=CCOC(=O)Nc1ccc(C[C@H](N)C(=O)O)cc1. The molecule has 0 bridgehead atoms. The molecule has 0 saturated heterocycles. The molecule has 1 aromatic carbocycles. The lowest BCUT2D eigenvalue weighted by atomic mass is 10.1. The summed E-state index contributed by atoms with van der Waals surface area (Å²) < 4.78 is 4.76. The minimum atomic E-state index is -1.05. The highest BCUT2D eigenvalue weighted by Gasteiger charge is 2.11. The molecule has 0 unspecified atom stereocenters. The summed E-state index contributed by atoms with van der Waals surface area (Å²) in [6.45, 7) is 3.56. The number of carboxylic acids is 1. The van der Waals surface area contributed by atoms with Gasteiger partial charge in [0.25, 0.3) is 0 Å². The zero-order chi connectivity index (χ0) is 14.3. The molecule has 1 amide bonds. The minimum Gasteiger partial charge on any atom is -0.480 e. The van der Waals surface area contributed by atoms with Gasteiger partial charge < -0.3 is 15.6 Å². The lowest BCUT2D eigenvalue weighted by molar-refractivity contribution is -0.138. The quantitative estimate of drug-likeness (QED) is 0.674. The second kappa shape index (κ2) is 7.17. The Morgan fingerprint density at radius 1 is 1.42 bits per heavy atom. The number of amides is 1. The number of rotatable bonds is 6. The van der Waals surface area contributed by atoms with Crippen LogP contribution in [-0.2, 0) is 16.0 Å². The number of hydrogen-bond acceptors (Lipinski definition) is 4. The van der Waals surface area contributed by atoms with E-state index in [4.69, 9.17) is 15.6 Å². The average Bonchev–Trinajstić information content (AvgIpc) is 2.38. The van der Waals surface area contributed by atoms with Gasteiger partial charge in [-0.15, -0.1) is 0 Å². The Morgan fingerprint density at radius 3 is 2.58 bits per heavy atom. The van der Waals surface area contributed by atoms with Crippen molar-refractivity contribution in [2.45, 2.75) is 12.5 Å². The summed E-state index contributed by atoms with van der Waals surface area (Å²) >= 11 is 0. The third kappa shape index (κ3) is 5.22. The van der Waals surface area contributed by atoms with Crippen LogP contribution in [0, 0.1) is 0 Å². The molecular formula is C13H16N2O4. The smallest absolute Gasteiger partial charge is 0.411 e. The molecular weight excluding hydrogens is 248 g/mol. The molecule has 1 atom stereocenters. The second-order valence-corrected chi connectivity index (χ2v) is 3.86. The van der Waals surface area contributed by atoms with Crippen molar-refractivity contribution in [1.82, 2.24) is 0 Å². The summed E-state index contributed by atoms with van der Waals surface area (Å²) in [6, 6.07) is 5.77. The van der Waals surface area contributed by atoms with Crippen molar-refractivity contribution in [2.75, 3.05) is 11.9 Å². The number of ether oxygens (including phenoxy) is 1. The van der Waals surface area contributed by atoms with Gasteiger partial charge in [0.2, 0.25) is 0 Å². The van der Waals surface area contributed by atoms with E-state index >= 15 is 0 Å². The first-order valence-electron chi connectivity index (χ1n) is 5.65. The molecule has 19 heavy (non-hydrogen) atoms. The molecule has 4 N–H and O–H groups in total. The maximum absolute atomic E-state index is 11.2. The number of carbonyl (C=O) groups excluding carboxylic acids is 1. The maximum Gasteiger partial charge on any atom is 0.411 e. The molecule has 0 spiro atoms. The van der Waals surface area contributed by atoms with Crippen LogP contribution < -0.4 is 11.1 Å². The summed E-state index contributed by atoms with van der Waals surface area (Å²) in [5.41, 5.74) is 6.76. The van der Waals surface area contributed by atoms with E-state index in [0.29, 0.717) is 5.69 Å². The van der Waals surface area contributed by atoms with Gasteiger partial charge in [-0.2, -0.15) is 0 Å². The highest BCUT2D eigenvalue weighted by Crippen LogP contribution is 2.11. The third-order valence-electron chi connectivity index (χ3n) is 2.31. The van der Waals surface area contributed by atoms with Gasteiger partial charge >= 0.3 is 12.1 Å². The number of carbonyl (C=O) groups is 2. The van der Waals surface area contributed by atoms with Crippen molar-refractivity contribution in [1.29, 1.82) is 0 Å². The highest BCUT2D eigenvalue weighted by atomic mass is 16.5. The van der Waals surface area contributed by atoms with Crippen LogP contribution in [0.25, 0.3) is 0 Å². The zero-order valence-corrected chi connectivity index (χ0v) is 10.3. The molecule has 0 aliphatic carbocycles. The second-order valence-electron chi connectivity index (χ2n) is 3.86. The van der Waals surface area contributed by atoms with Gasteiger partial charge in [-0.25, -0.2) is 4.79 Å². The van der Waals surface area contributed by atoms with Crippen molar-refractivity contribution in [3.05, 3.63) is 42.5 Å². The lowest BCUT2D eigenvalue weighted by Gasteiger charge is -2.08. The van der Waals surface area contributed by atoms with E-state index < -0.39 is 18.1 Å². The highest BCUT2D eigenvalue weighted by molar-refractivity contribution is 5.84. The standard InChI is InChI=1S/C13H16N2O4/c1-2-7-19-13(18)15-10-5-3-9(4-6-10)8-11(14)12(16)17/h2-6,11H,1,7-8,14H2,(H,15,18)(H,16,17)/t11-/m0/s1. The van der Waals surface area contributed by atoms with E-state index in [9.17, 15) is 9.59 Å². The van der Waals surface area contributed by atoms with Crippen LogP contribution in [0.2, 0.25) is 0 Å². The molecule has 0 aromatic heterocycles. The van der Waals surface area contributed by atoms with Gasteiger partial charge in [0.05, 0.1) is 0 Å². The number of benzene rings is 1. The average molecular weight is 264 g/mol. The Hall–Kier alpha value is -2.34. The fraction of sp³-hybridized carbons (Fsp3) is 0.231. The van der Waals surface area contributed by atoms with Crippen molar-refractivity contribution in [3.63, 3.8) is 0 Å². The van der Waals surface area contributed by atoms with Crippen LogP contribution in [0.15, 0.2) is 36.9 Å². The van der Waals surface area contributed by atoms with Crippen LogP contribution in [0.3, 0.4) is 0 Å². The maximum atomic E-state index is 11.2. The molecule has 6 nitrogen and oxygen atoms in total. The Bertz CT molecular complexity index is 456. The molecule has 6 heteroatoms. The van der Waals surface area contributed by atoms with E-state index in [-0.39, 0.29) is 13.0 Å². The molecule has 0 aliphatic heterocycles. The zero-order valence-electron chi connectivity index (χ0n) is 10.3. The Labute approximate surface area is 110 Å². The first kappa shape index (κ1) is 14.7. The Balaban J connectivity index is 2.54. The molecule has 0 saturated carbocycles. The van der Waals surface area contributed by atoms with Crippen molar-refractivity contribution in [3.8, 4) is 0 Å². The largest absolute Gasteiger partial charge is 0.480 e.